The van der Waals surface area contributed by atoms with Gasteiger partial charge < -0.3 is 19.6 Å². The Bertz CT molecular complexity index is 461. The van der Waals surface area contributed by atoms with Crippen LogP contribution in [0.2, 0.25) is 0 Å². The summed E-state index contributed by atoms with van der Waals surface area (Å²) in [7, 11) is 0. The first-order valence-electron chi connectivity index (χ1n) is 8.70. The molecule has 2 rings (SSSR count). The Balaban J connectivity index is 1.90. The van der Waals surface area contributed by atoms with Gasteiger partial charge in [-0.1, -0.05) is 27.7 Å². The minimum Gasteiger partial charge on any atom is -0.464 e. The lowest BCUT2D eigenvalue weighted by atomic mass is 9.85. The Labute approximate surface area is 140 Å². The zero-order valence-electron chi connectivity index (χ0n) is 15.0. The molecule has 0 radical (unpaired) electrons. The van der Waals surface area contributed by atoms with Crippen molar-refractivity contribution in [2.75, 3.05) is 39.4 Å². The molecule has 0 spiro atoms. The summed E-state index contributed by atoms with van der Waals surface area (Å²) in [4.78, 5) is 2.25. The molecule has 1 aromatic heterocycles. The van der Waals surface area contributed by atoms with Crippen LogP contribution in [0.15, 0.2) is 16.5 Å². The molecule has 23 heavy (non-hydrogen) atoms. The average Bonchev–Trinajstić information content (AvgIpc) is 2.95. The van der Waals surface area contributed by atoms with E-state index in [1.807, 2.05) is 6.07 Å². The third-order valence-electron chi connectivity index (χ3n) is 4.31. The predicted octanol–water partition coefficient (Wildman–Crippen LogP) is 2.21. The number of hydrogen-bond donors (Lipinski definition) is 2. The highest BCUT2D eigenvalue weighted by Gasteiger charge is 2.29. The lowest BCUT2D eigenvalue weighted by molar-refractivity contribution is 0.0135. The Morgan fingerprint density at radius 1 is 1.26 bits per heavy atom. The van der Waals surface area contributed by atoms with Gasteiger partial charge in [0.2, 0.25) is 0 Å². The molecule has 2 N–H and O–H groups in total. The molecule has 0 aromatic carbocycles. The number of nitrogens with zero attached hydrogens (tertiary/aromatic N) is 1. The van der Waals surface area contributed by atoms with E-state index in [1.165, 1.54) is 0 Å². The van der Waals surface area contributed by atoms with E-state index in [-0.39, 0.29) is 11.5 Å². The van der Waals surface area contributed by atoms with Crippen molar-refractivity contribution >= 4 is 0 Å². The minimum absolute atomic E-state index is 0.0154. The third kappa shape index (κ3) is 5.60. The monoisotopic (exact) mass is 324 g/mol. The van der Waals surface area contributed by atoms with Gasteiger partial charge in [-0.3, -0.25) is 4.90 Å². The number of aliphatic hydroxyl groups is 1. The number of aliphatic hydroxyl groups excluding tert-OH is 1. The van der Waals surface area contributed by atoms with Gasteiger partial charge in [0.05, 0.1) is 25.4 Å². The van der Waals surface area contributed by atoms with Gasteiger partial charge in [0.25, 0.3) is 0 Å². The van der Waals surface area contributed by atoms with Crippen LogP contribution in [0.5, 0.6) is 0 Å². The van der Waals surface area contributed by atoms with Crippen LogP contribution in [-0.2, 0) is 11.2 Å². The zero-order chi connectivity index (χ0) is 16.9. The summed E-state index contributed by atoms with van der Waals surface area (Å²) in [6.07, 6.45) is 0.509. The fourth-order valence-electron chi connectivity index (χ4n) is 2.97. The second-order valence-electron chi connectivity index (χ2n) is 7.43. The van der Waals surface area contributed by atoms with Crippen molar-refractivity contribution in [1.82, 2.24) is 10.2 Å². The van der Waals surface area contributed by atoms with Gasteiger partial charge in [0.15, 0.2) is 0 Å². The van der Waals surface area contributed by atoms with Gasteiger partial charge >= 0.3 is 0 Å². The summed E-state index contributed by atoms with van der Waals surface area (Å²) in [5.41, 5.74) is 0.0154. The van der Waals surface area contributed by atoms with Crippen molar-refractivity contribution in [2.24, 2.45) is 5.41 Å². The maximum atomic E-state index is 10.3. The highest BCUT2D eigenvalue weighted by atomic mass is 16.5. The smallest absolute Gasteiger partial charge is 0.121 e. The largest absolute Gasteiger partial charge is 0.464 e. The Morgan fingerprint density at radius 3 is 2.52 bits per heavy atom. The summed E-state index contributed by atoms with van der Waals surface area (Å²) in [6, 6.07) is 4.18. The van der Waals surface area contributed by atoms with Gasteiger partial charge in [-0.15, -0.1) is 0 Å². The van der Waals surface area contributed by atoms with Gasteiger partial charge in [-0.2, -0.15) is 0 Å². The Hall–Kier alpha value is -0.880. The van der Waals surface area contributed by atoms with E-state index in [2.05, 4.69) is 44.0 Å². The van der Waals surface area contributed by atoms with Crippen molar-refractivity contribution < 1.29 is 14.3 Å². The molecular weight excluding hydrogens is 292 g/mol. The van der Waals surface area contributed by atoms with Crippen LogP contribution in [0.3, 0.4) is 0 Å². The predicted molar refractivity (Wildman–Crippen MR) is 91.6 cm³/mol. The molecule has 0 amide bonds. The molecule has 0 bridgehead atoms. The van der Waals surface area contributed by atoms with Crippen LogP contribution in [0, 0.1) is 5.41 Å². The van der Waals surface area contributed by atoms with Crippen LogP contribution >= 0.6 is 0 Å². The van der Waals surface area contributed by atoms with Gasteiger partial charge in [0, 0.05) is 32.6 Å². The topological polar surface area (TPSA) is 57.9 Å². The molecule has 2 heterocycles. The Kier molecular flexibility index (Phi) is 6.65. The van der Waals surface area contributed by atoms with Crippen LogP contribution in [-0.4, -0.2) is 55.5 Å². The molecule has 5 nitrogen and oxygen atoms in total. The normalized spacial score (nSPS) is 19.7. The summed E-state index contributed by atoms with van der Waals surface area (Å²) in [6.45, 7) is 13.2. The second kappa shape index (κ2) is 8.29. The van der Waals surface area contributed by atoms with E-state index in [0.29, 0.717) is 13.1 Å². The standard InChI is InChI=1S/C18H32N2O3/c1-5-15-6-7-16(23-15)17(18(2,3)4)19-12-14(21)13-20-8-10-22-11-9-20/h6-7,14,17,19,21H,5,8-13H2,1-4H3. The fraction of sp³-hybridized carbons (Fsp3) is 0.778. The molecule has 2 atom stereocenters. The van der Waals surface area contributed by atoms with Crippen molar-refractivity contribution in [1.29, 1.82) is 0 Å². The van der Waals surface area contributed by atoms with Crippen LogP contribution in [0.1, 0.15) is 45.3 Å². The number of rotatable bonds is 7. The van der Waals surface area contributed by atoms with E-state index in [9.17, 15) is 5.11 Å². The van der Waals surface area contributed by atoms with Gasteiger partial charge in [-0.25, -0.2) is 0 Å². The highest BCUT2D eigenvalue weighted by molar-refractivity contribution is 5.13. The number of morpholine rings is 1. The number of ether oxygens (including phenoxy) is 1. The molecular formula is C18H32N2O3. The highest BCUT2D eigenvalue weighted by Crippen LogP contribution is 2.33. The van der Waals surface area contributed by atoms with E-state index in [1.54, 1.807) is 0 Å². The van der Waals surface area contributed by atoms with Gasteiger partial charge in [-0.05, 0) is 17.5 Å². The first kappa shape index (κ1) is 18.5. The SMILES string of the molecule is CCc1ccc(C(NCC(O)CN2CCOCC2)C(C)(C)C)o1. The van der Waals surface area contributed by atoms with Crippen molar-refractivity contribution in [3.8, 4) is 0 Å². The van der Waals surface area contributed by atoms with E-state index in [4.69, 9.17) is 9.15 Å². The summed E-state index contributed by atoms with van der Waals surface area (Å²) in [5.74, 6) is 1.96. The first-order chi connectivity index (χ1) is 10.9. The van der Waals surface area contributed by atoms with Crippen LogP contribution in [0.25, 0.3) is 0 Å². The fourth-order valence-corrected chi connectivity index (χ4v) is 2.97. The maximum absolute atomic E-state index is 10.3. The van der Waals surface area contributed by atoms with E-state index >= 15 is 0 Å². The third-order valence-corrected chi connectivity index (χ3v) is 4.31. The molecule has 0 aliphatic carbocycles. The zero-order valence-corrected chi connectivity index (χ0v) is 15.0. The van der Waals surface area contributed by atoms with E-state index < -0.39 is 6.10 Å². The number of hydrogen-bond acceptors (Lipinski definition) is 5. The van der Waals surface area contributed by atoms with Crippen molar-refractivity contribution in [3.63, 3.8) is 0 Å². The van der Waals surface area contributed by atoms with Gasteiger partial charge in [0.1, 0.15) is 11.5 Å². The number of aryl methyl sites for hydroxylation is 1. The molecule has 0 saturated carbocycles. The van der Waals surface area contributed by atoms with E-state index in [0.717, 1.165) is 44.2 Å². The average molecular weight is 324 g/mol. The number of nitrogens with one attached hydrogen (secondary N) is 1. The second-order valence-corrected chi connectivity index (χ2v) is 7.43. The van der Waals surface area contributed by atoms with Crippen LogP contribution < -0.4 is 5.32 Å². The lowest BCUT2D eigenvalue weighted by Crippen LogP contribution is -2.45. The molecule has 1 aromatic rings. The van der Waals surface area contributed by atoms with Crippen molar-refractivity contribution in [3.05, 3.63) is 23.7 Å². The number of furan rings is 1. The molecule has 1 saturated heterocycles. The summed E-state index contributed by atoms with van der Waals surface area (Å²) in [5, 5.41) is 13.8. The molecule has 2 unspecified atom stereocenters. The molecule has 5 heteroatoms. The van der Waals surface area contributed by atoms with Crippen molar-refractivity contribution in [2.45, 2.75) is 46.3 Å². The molecule has 1 aliphatic rings. The summed E-state index contributed by atoms with van der Waals surface area (Å²) < 4.78 is 11.3. The minimum atomic E-state index is -0.390. The summed E-state index contributed by atoms with van der Waals surface area (Å²) >= 11 is 0. The molecule has 1 aliphatic heterocycles. The lowest BCUT2D eigenvalue weighted by Gasteiger charge is -2.32. The Morgan fingerprint density at radius 2 is 1.96 bits per heavy atom. The van der Waals surface area contributed by atoms with Crippen LogP contribution in [0.4, 0.5) is 0 Å². The number of β-amino-alcohol motifs (C(OH)–C–C–N with tert-alkyl or cyclic N) is 1. The molecule has 1 fully saturated rings. The molecule has 132 valence electrons. The first-order valence-corrected chi connectivity index (χ1v) is 8.70. The maximum Gasteiger partial charge on any atom is 0.121 e. The quantitative estimate of drug-likeness (QED) is 0.805.